The molecule has 1 fully saturated rings. The van der Waals surface area contributed by atoms with Crippen LogP contribution in [-0.4, -0.2) is 35.7 Å². The molecule has 0 unspecified atom stereocenters. The summed E-state index contributed by atoms with van der Waals surface area (Å²) in [6, 6.07) is 14.8. The number of thioether (sulfide) groups is 1. The van der Waals surface area contributed by atoms with Crippen molar-refractivity contribution >= 4 is 46.5 Å². The van der Waals surface area contributed by atoms with Crippen LogP contribution in [0, 0.1) is 0 Å². The van der Waals surface area contributed by atoms with E-state index in [0.29, 0.717) is 15.0 Å². The average Bonchev–Trinajstić information content (AvgIpc) is 2.94. The number of thiocarbonyl (C=S) groups is 1. The number of para-hydroxylation sites is 1. The number of hydrazone groups is 1. The van der Waals surface area contributed by atoms with Gasteiger partial charge >= 0.3 is 0 Å². The first-order valence-corrected chi connectivity index (χ1v) is 8.94. The Morgan fingerprint density at radius 2 is 1.81 bits per heavy atom. The van der Waals surface area contributed by atoms with Gasteiger partial charge in [-0.15, -0.1) is 0 Å². The second kappa shape index (κ2) is 8.16. The summed E-state index contributed by atoms with van der Waals surface area (Å²) in [7, 11) is 3.20. The number of amides is 1. The molecule has 1 amide bonds. The quantitative estimate of drug-likeness (QED) is 0.444. The number of benzene rings is 2. The topological polar surface area (TPSA) is 51.1 Å². The molecule has 26 heavy (non-hydrogen) atoms. The van der Waals surface area contributed by atoms with Gasteiger partial charge in [0.15, 0.2) is 4.32 Å². The van der Waals surface area contributed by atoms with Crippen molar-refractivity contribution in [3.63, 3.8) is 0 Å². The molecule has 0 saturated carbocycles. The van der Waals surface area contributed by atoms with Crippen LogP contribution in [0.4, 0.5) is 0 Å². The molecule has 0 radical (unpaired) electrons. The molecular formula is C19H16N2O3S2. The van der Waals surface area contributed by atoms with E-state index in [1.54, 1.807) is 26.5 Å². The molecule has 0 aliphatic carbocycles. The van der Waals surface area contributed by atoms with E-state index in [0.717, 1.165) is 16.9 Å². The Hall–Kier alpha value is -2.64. The molecule has 0 aromatic heterocycles. The van der Waals surface area contributed by atoms with E-state index in [1.807, 2.05) is 48.5 Å². The Morgan fingerprint density at radius 3 is 2.50 bits per heavy atom. The first kappa shape index (κ1) is 18.2. The third-order valence-corrected chi connectivity index (χ3v) is 4.92. The van der Waals surface area contributed by atoms with Crippen molar-refractivity contribution in [1.29, 1.82) is 0 Å². The summed E-state index contributed by atoms with van der Waals surface area (Å²) in [5.74, 6) is 1.20. The smallest absolute Gasteiger partial charge is 0.286 e. The Labute approximate surface area is 161 Å². The van der Waals surface area contributed by atoms with Gasteiger partial charge in [0.2, 0.25) is 0 Å². The summed E-state index contributed by atoms with van der Waals surface area (Å²) >= 11 is 6.51. The molecule has 2 aromatic carbocycles. The van der Waals surface area contributed by atoms with Gasteiger partial charge in [0.1, 0.15) is 11.5 Å². The lowest BCUT2D eigenvalue weighted by atomic mass is 10.2. The summed E-state index contributed by atoms with van der Waals surface area (Å²) < 4.78 is 10.8. The molecule has 3 rings (SSSR count). The third-order valence-electron chi connectivity index (χ3n) is 3.64. The molecule has 0 bridgehead atoms. The number of carbonyl (C=O) groups is 1. The Bertz CT molecular complexity index is 892. The Balaban J connectivity index is 1.80. The zero-order chi connectivity index (χ0) is 18.5. The maximum atomic E-state index is 12.6. The van der Waals surface area contributed by atoms with E-state index in [-0.39, 0.29) is 5.91 Å². The average molecular weight is 384 g/mol. The normalized spacial score (nSPS) is 15.9. The fourth-order valence-corrected chi connectivity index (χ4v) is 3.46. The highest BCUT2D eigenvalue weighted by atomic mass is 32.2. The molecule has 1 heterocycles. The summed E-state index contributed by atoms with van der Waals surface area (Å²) in [5.41, 5.74) is 1.66. The van der Waals surface area contributed by atoms with Crippen molar-refractivity contribution in [2.75, 3.05) is 14.2 Å². The monoisotopic (exact) mass is 384 g/mol. The molecule has 2 aromatic rings. The maximum absolute atomic E-state index is 12.6. The van der Waals surface area contributed by atoms with Crippen LogP contribution < -0.4 is 9.47 Å². The SMILES string of the molecule is COc1ccc(C=NN2C(=O)/C(=C/c3ccccc3OC)SC2=S)cc1. The van der Waals surface area contributed by atoms with Gasteiger partial charge in [-0.05, 0) is 54.2 Å². The lowest BCUT2D eigenvalue weighted by Gasteiger charge is -2.06. The zero-order valence-electron chi connectivity index (χ0n) is 14.2. The summed E-state index contributed by atoms with van der Waals surface area (Å²) in [4.78, 5) is 13.1. The second-order valence-electron chi connectivity index (χ2n) is 5.25. The van der Waals surface area contributed by atoms with Crippen LogP contribution in [0.3, 0.4) is 0 Å². The minimum atomic E-state index is -0.254. The van der Waals surface area contributed by atoms with Crippen LogP contribution >= 0.6 is 24.0 Å². The number of hydrogen-bond donors (Lipinski definition) is 0. The van der Waals surface area contributed by atoms with Gasteiger partial charge in [-0.3, -0.25) is 4.79 Å². The second-order valence-corrected chi connectivity index (χ2v) is 6.93. The third kappa shape index (κ3) is 3.95. The van der Waals surface area contributed by atoms with Crippen LogP contribution in [-0.2, 0) is 4.79 Å². The molecule has 0 atom stereocenters. The van der Waals surface area contributed by atoms with E-state index in [4.69, 9.17) is 21.7 Å². The molecular weight excluding hydrogens is 368 g/mol. The van der Waals surface area contributed by atoms with E-state index < -0.39 is 0 Å². The number of ether oxygens (including phenoxy) is 2. The summed E-state index contributed by atoms with van der Waals surface area (Å²) in [5, 5.41) is 5.46. The lowest BCUT2D eigenvalue weighted by molar-refractivity contribution is -0.122. The van der Waals surface area contributed by atoms with Gasteiger partial charge in [-0.2, -0.15) is 10.1 Å². The van der Waals surface area contributed by atoms with Crippen molar-refractivity contribution in [3.05, 3.63) is 64.6 Å². The standard InChI is InChI=1S/C19H16N2O3S2/c1-23-15-9-7-13(8-10-15)12-20-21-18(22)17(26-19(21)25)11-14-5-3-4-6-16(14)24-2/h3-12H,1-2H3/b17-11-,20-12?. The van der Waals surface area contributed by atoms with Crippen molar-refractivity contribution in [2.24, 2.45) is 5.10 Å². The highest BCUT2D eigenvalue weighted by Crippen LogP contribution is 2.34. The van der Waals surface area contributed by atoms with E-state index >= 15 is 0 Å². The molecule has 1 aliphatic heterocycles. The molecule has 0 spiro atoms. The van der Waals surface area contributed by atoms with Crippen molar-refractivity contribution in [2.45, 2.75) is 0 Å². The van der Waals surface area contributed by atoms with Crippen LogP contribution in [0.25, 0.3) is 6.08 Å². The minimum absolute atomic E-state index is 0.254. The highest BCUT2D eigenvalue weighted by molar-refractivity contribution is 8.26. The van der Waals surface area contributed by atoms with Gasteiger partial charge in [0, 0.05) is 5.56 Å². The van der Waals surface area contributed by atoms with Crippen LogP contribution in [0.2, 0.25) is 0 Å². The molecule has 5 nitrogen and oxygen atoms in total. The number of methoxy groups -OCH3 is 2. The van der Waals surface area contributed by atoms with E-state index in [1.165, 1.54) is 16.8 Å². The highest BCUT2D eigenvalue weighted by Gasteiger charge is 2.32. The van der Waals surface area contributed by atoms with Gasteiger partial charge in [0.05, 0.1) is 25.3 Å². The van der Waals surface area contributed by atoms with Crippen molar-refractivity contribution < 1.29 is 14.3 Å². The van der Waals surface area contributed by atoms with Crippen molar-refractivity contribution in [3.8, 4) is 11.5 Å². The zero-order valence-corrected chi connectivity index (χ0v) is 15.8. The molecule has 132 valence electrons. The Morgan fingerprint density at radius 1 is 1.08 bits per heavy atom. The minimum Gasteiger partial charge on any atom is -0.497 e. The first-order valence-electron chi connectivity index (χ1n) is 7.71. The maximum Gasteiger partial charge on any atom is 0.286 e. The Kier molecular flexibility index (Phi) is 5.70. The fourth-order valence-electron chi connectivity index (χ4n) is 2.30. The number of carbonyl (C=O) groups excluding carboxylic acids is 1. The molecule has 1 aliphatic rings. The first-order chi connectivity index (χ1) is 12.6. The van der Waals surface area contributed by atoms with Crippen LogP contribution in [0.1, 0.15) is 11.1 Å². The van der Waals surface area contributed by atoms with E-state index in [2.05, 4.69) is 5.10 Å². The van der Waals surface area contributed by atoms with Crippen LogP contribution in [0.15, 0.2) is 58.5 Å². The van der Waals surface area contributed by atoms with Crippen molar-refractivity contribution in [1.82, 2.24) is 5.01 Å². The summed E-state index contributed by atoms with van der Waals surface area (Å²) in [6.45, 7) is 0. The predicted octanol–water partition coefficient (Wildman–Crippen LogP) is 3.94. The van der Waals surface area contributed by atoms with Gasteiger partial charge < -0.3 is 9.47 Å². The number of nitrogens with zero attached hydrogens (tertiary/aromatic N) is 2. The molecule has 7 heteroatoms. The van der Waals surface area contributed by atoms with Crippen LogP contribution in [0.5, 0.6) is 11.5 Å². The van der Waals surface area contributed by atoms with Gasteiger partial charge in [-0.25, -0.2) is 0 Å². The summed E-state index contributed by atoms with van der Waals surface area (Å²) in [6.07, 6.45) is 3.36. The van der Waals surface area contributed by atoms with E-state index in [9.17, 15) is 4.79 Å². The number of rotatable bonds is 5. The predicted molar refractivity (Wildman–Crippen MR) is 109 cm³/mol. The largest absolute Gasteiger partial charge is 0.497 e. The number of hydrogen-bond acceptors (Lipinski definition) is 6. The fraction of sp³-hybridized carbons (Fsp3) is 0.105. The van der Waals surface area contributed by atoms with Gasteiger partial charge in [-0.1, -0.05) is 30.0 Å². The van der Waals surface area contributed by atoms with Gasteiger partial charge in [0.25, 0.3) is 5.91 Å². The lowest BCUT2D eigenvalue weighted by Crippen LogP contribution is -2.22. The molecule has 1 saturated heterocycles. The molecule has 0 N–H and O–H groups in total.